The molecule has 0 fully saturated rings. The third-order valence-corrected chi connectivity index (χ3v) is 7.55. The lowest BCUT2D eigenvalue weighted by Gasteiger charge is -2.15. The molecular formula is C35H45FN3O4+. The van der Waals surface area contributed by atoms with Crippen LogP contribution in [0.1, 0.15) is 112 Å². The average molecular weight is 591 g/mol. The van der Waals surface area contributed by atoms with Crippen molar-refractivity contribution in [2.24, 2.45) is 0 Å². The van der Waals surface area contributed by atoms with E-state index in [4.69, 9.17) is 0 Å². The molecule has 3 N–H and O–H groups in total. The standard InChI is InChI=1S/C35H44FN3O4/c1-2-3-4-5-6-7-8-9-10-11-12-13-14-18-21-30(35(42)43)31-26-39(29-19-16-15-17-20-29)38-34(41)32(31)33(40)37-28-24-22-27(36)23-25-28/h9-10,15-17,19-20,22-26,30H,2-8,11-14,18,21H2,1H3,(H2-,37,38,40,41,42,43)/p+1/b10-9-. The number of para-hydroxylation sites is 1. The molecule has 3 aromatic rings. The number of benzene rings is 2. The molecule has 1 aromatic heterocycles. The molecule has 0 saturated carbocycles. The molecule has 43 heavy (non-hydrogen) atoms. The zero-order chi connectivity index (χ0) is 30.9. The van der Waals surface area contributed by atoms with Crippen LogP contribution in [0.5, 0.6) is 0 Å². The van der Waals surface area contributed by atoms with E-state index in [1.165, 1.54) is 73.7 Å². The molecule has 0 radical (unpaired) electrons. The maximum atomic E-state index is 13.4. The second kappa shape index (κ2) is 18.5. The lowest BCUT2D eigenvalue weighted by Crippen LogP contribution is -2.44. The van der Waals surface area contributed by atoms with Gasteiger partial charge < -0.3 is 10.4 Å². The van der Waals surface area contributed by atoms with Crippen molar-refractivity contribution in [3.8, 4) is 5.69 Å². The Kier molecular flexibility index (Phi) is 14.4. The molecule has 0 spiro atoms. The summed E-state index contributed by atoms with van der Waals surface area (Å²) in [6.45, 7) is 2.23. The van der Waals surface area contributed by atoms with Crippen molar-refractivity contribution in [2.45, 2.75) is 96.3 Å². The van der Waals surface area contributed by atoms with Gasteiger partial charge in [0.15, 0.2) is 0 Å². The van der Waals surface area contributed by atoms with E-state index < -0.39 is 29.2 Å². The Hall–Kier alpha value is -4.07. The first-order chi connectivity index (χ1) is 20.9. The number of halogens is 1. The van der Waals surface area contributed by atoms with Crippen LogP contribution in [-0.2, 0) is 4.79 Å². The highest BCUT2D eigenvalue weighted by Gasteiger charge is 2.31. The number of nitrogens with zero attached hydrogens (tertiary/aromatic N) is 1. The van der Waals surface area contributed by atoms with Crippen molar-refractivity contribution in [3.05, 3.63) is 100 Å². The van der Waals surface area contributed by atoms with Gasteiger partial charge in [0, 0.05) is 17.8 Å². The van der Waals surface area contributed by atoms with Crippen molar-refractivity contribution in [2.75, 3.05) is 5.32 Å². The number of carbonyl (C=O) groups excluding carboxylic acids is 1. The number of carboxylic acids is 1. The fourth-order valence-electron chi connectivity index (χ4n) is 5.14. The van der Waals surface area contributed by atoms with Crippen LogP contribution in [0.15, 0.2) is 77.7 Å². The summed E-state index contributed by atoms with van der Waals surface area (Å²) < 4.78 is 14.8. The summed E-state index contributed by atoms with van der Waals surface area (Å²) in [4.78, 5) is 39.0. The van der Waals surface area contributed by atoms with Gasteiger partial charge in [-0.25, -0.2) is 4.39 Å². The second-order valence-electron chi connectivity index (χ2n) is 11.0. The SMILES string of the molecule is CCCCCCCC/C=C\CCCCCCC(C(=O)O)c1c[n+](-c2ccccc2)[nH]c(=O)c1C(=O)Nc1ccc(F)cc1. The number of hydrogen-bond acceptors (Lipinski definition) is 3. The minimum Gasteiger partial charge on any atom is -0.481 e. The summed E-state index contributed by atoms with van der Waals surface area (Å²) in [5.41, 5.74) is 0.0844. The Morgan fingerprint density at radius 1 is 0.884 bits per heavy atom. The highest BCUT2D eigenvalue weighted by atomic mass is 19.1. The van der Waals surface area contributed by atoms with Gasteiger partial charge in [0.2, 0.25) is 11.9 Å². The maximum Gasteiger partial charge on any atom is 0.311 e. The number of amides is 1. The van der Waals surface area contributed by atoms with Gasteiger partial charge in [0.05, 0.1) is 11.5 Å². The van der Waals surface area contributed by atoms with Crippen LogP contribution in [0.25, 0.3) is 5.69 Å². The molecule has 0 aliphatic rings. The van der Waals surface area contributed by atoms with Gasteiger partial charge in [-0.1, -0.05) is 93.3 Å². The second-order valence-corrected chi connectivity index (χ2v) is 11.0. The fraction of sp³-hybridized carbons (Fsp3) is 0.429. The van der Waals surface area contributed by atoms with E-state index >= 15 is 0 Å². The number of H-pyrrole nitrogens is 1. The predicted molar refractivity (Wildman–Crippen MR) is 168 cm³/mol. The summed E-state index contributed by atoms with van der Waals surface area (Å²) in [5.74, 6) is -3.36. The first kappa shape index (κ1) is 33.4. The van der Waals surface area contributed by atoms with Gasteiger partial charge in [-0.05, 0) is 56.4 Å². The first-order valence-electron chi connectivity index (χ1n) is 15.6. The van der Waals surface area contributed by atoms with Crippen molar-refractivity contribution in [1.29, 1.82) is 0 Å². The number of aromatic nitrogens is 2. The Morgan fingerprint density at radius 3 is 2.12 bits per heavy atom. The van der Waals surface area contributed by atoms with Gasteiger partial charge in [0.25, 0.3) is 5.91 Å². The zero-order valence-electron chi connectivity index (χ0n) is 25.2. The Bertz CT molecular complexity index is 1370. The number of nitrogens with one attached hydrogen (secondary N) is 2. The lowest BCUT2D eigenvalue weighted by atomic mass is 9.90. The number of aliphatic carboxylic acids is 1. The van der Waals surface area contributed by atoms with E-state index in [1.807, 2.05) is 6.07 Å². The summed E-state index contributed by atoms with van der Waals surface area (Å²) >= 11 is 0. The number of anilines is 1. The number of aromatic amines is 1. The minimum absolute atomic E-state index is 0.136. The van der Waals surface area contributed by atoms with Crippen molar-refractivity contribution < 1.29 is 23.8 Å². The fourth-order valence-corrected chi connectivity index (χ4v) is 5.14. The first-order valence-corrected chi connectivity index (χ1v) is 15.6. The number of rotatable bonds is 19. The topological polar surface area (TPSA) is 103 Å². The number of unbranched alkanes of at least 4 members (excludes halogenated alkanes) is 10. The Balaban J connectivity index is 1.64. The van der Waals surface area contributed by atoms with Crippen LogP contribution < -0.4 is 15.6 Å². The Labute approximate surface area is 253 Å². The van der Waals surface area contributed by atoms with Crippen LogP contribution in [0.4, 0.5) is 10.1 Å². The number of carbonyl (C=O) groups is 2. The van der Waals surface area contributed by atoms with E-state index in [1.54, 1.807) is 24.3 Å². The molecule has 1 heterocycles. The highest BCUT2D eigenvalue weighted by molar-refractivity contribution is 6.05. The lowest BCUT2D eigenvalue weighted by molar-refractivity contribution is -0.661. The normalized spacial score (nSPS) is 12.0. The van der Waals surface area contributed by atoms with E-state index in [-0.39, 0.29) is 17.5 Å². The summed E-state index contributed by atoms with van der Waals surface area (Å²) in [6, 6.07) is 14.1. The molecule has 3 rings (SSSR count). The molecule has 2 aromatic carbocycles. The van der Waals surface area contributed by atoms with Gasteiger partial charge in [-0.3, -0.25) is 14.4 Å². The maximum absolute atomic E-state index is 13.4. The molecule has 1 unspecified atom stereocenters. The third kappa shape index (κ3) is 11.3. The predicted octanol–water partition coefficient (Wildman–Crippen LogP) is 7.86. The zero-order valence-corrected chi connectivity index (χ0v) is 25.2. The quantitative estimate of drug-likeness (QED) is 0.0751. The highest BCUT2D eigenvalue weighted by Crippen LogP contribution is 2.25. The van der Waals surface area contributed by atoms with E-state index in [2.05, 4.69) is 29.5 Å². The van der Waals surface area contributed by atoms with E-state index in [9.17, 15) is 23.9 Å². The van der Waals surface area contributed by atoms with Gasteiger partial charge >= 0.3 is 11.5 Å². The van der Waals surface area contributed by atoms with Crippen LogP contribution >= 0.6 is 0 Å². The van der Waals surface area contributed by atoms with E-state index in [0.29, 0.717) is 17.8 Å². The summed E-state index contributed by atoms with van der Waals surface area (Å²) in [5, 5.41) is 15.5. The monoisotopic (exact) mass is 590 g/mol. The number of carboxylic acid groups (broad SMARTS) is 1. The number of hydrogen-bond donors (Lipinski definition) is 3. The van der Waals surface area contributed by atoms with Crippen LogP contribution in [0.3, 0.4) is 0 Å². The average Bonchev–Trinajstić information content (AvgIpc) is 3.00. The molecule has 7 nitrogen and oxygen atoms in total. The van der Waals surface area contributed by atoms with Gasteiger partial charge in [-0.15, -0.1) is 5.10 Å². The largest absolute Gasteiger partial charge is 0.481 e. The van der Waals surface area contributed by atoms with Gasteiger partial charge in [0.1, 0.15) is 11.4 Å². The minimum atomic E-state index is -1.10. The van der Waals surface area contributed by atoms with Crippen molar-refractivity contribution in [3.63, 3.8) is 0 Å². The van der Waals surface area contributed by atoms with Crippen LogP contribution in [0, 0.1) is 5.82 Å². The summed E-state index contributed by atoms with van der Waals surface area (Å²) in [7, 11) is 0. The molecule has 230 valence electrons. The molecule has 0 aliphatic carbocycles. The molecule has 0 saturated heterocycles. The molecule has 8 heteroatoms. The van der Waals surface area contributed by atoms with E-state index in [0.717, 1.165) is 32.1 Å². The Morgan fingerprint density at radius 2 is 1.49 bits per heavy atom. The summed E-state index contributed by atoms with van der Waals surface area (Å²) in [6.07, 6.45) is 19.8. The molecule has 0 aliphatic heterocycles. The molecule has 1 amide bonds. The number of allylic oxidation sites excluding steroid dienone is 2. The van der Waals surface area contributed by atoms with Gasteiger partial charge in [-0.2, -0.15) is 0 Å². The third-order valence-electron chi connectivity index (χ3n) is 7.55. The molecule has 1 atom stereocenters. The van der Waals surface area contributed by atoms with Crippen LogP contribution in [0.2, 0.25) is 0 Å². The van der Waals surface area contributed by atoms with Crippen molar-refractivity contribution in [1.82, 2.24) is 5.10 Å². The smallest absolute Gasteiger partial charge is 0.311 e. The molecule has 0 bridgehead atoms. The van der Waals surface area contributed by atoms with Crippen molar-refractivity contribution >= 4 is 17.6 Å². The molecular weight excluding hydrogens is 545 g/mol. The van der Waals surface area contributed by atoms with Crippen LogP contribution in [-0.4, -0.2) is 22.1 Å².